The Bertz CT molecular complexity index is 988. The second-order valence-electron chi connectivity index (χ2n) is 6.38. The molecule has 142 valence electrons. The molecule has 0 bridgehead atoms. The van der Waals surface area contributed by atoms with Gasteiger partial charge < -0.3 is 10.2 Å². The van der Waals surface area contributed by atoms with Gasteiger partial charge in [-0.25, -0.2) is 9.48 Å². The highest BCUT2D eigenvalue weighted by molar-refractivity contribution is 6.30. The van der Waals surface area contributed by atoms with Crippen LogP contribution in [0.25, 0.3) is 5.69 Å². The maximum atomic E-state index is 12.6. The molecule has 1 fully saturated rings. The summed E-state index contributed by atoms with van der Waals surface area (Å²) in [6.07, 6.45) is 3.55. The number of carbonyl (C=O) groups is 2. The van der Waals surface area contributed by atoms with Crippen molar-refractivity contribution in [1.29, 1.82) is 0 Å². The molecule has 1 aliphatic rings. The summed E-state index contributed by atoms with van der Waals surface area (Å²) in [6.45, 7) is 0.999. The van der Waals surface area contributed by atoms with Gasteiger partial charge in [0.25, 0.3) is 0 Å². The summed E-state index contributed by atoms with van der Waals surface area (Å²) in [5.41, 5.74) is 2.30. The van der Waals surface area contributed by atoms with Gasteiger partial charge in [0.05, 0.1) is 5.69 Å². The molecule has 0 spiro atoms. The minimum Gasteiger partial charge on any atom is -0.325 e. The Balaban J connectivity index is 1.36. The van der Waals surface area contributed by atoms with Gasteiger partial charge in [0, 0.05) is 41.9 Å². The van der Waals surface area contributed by atoms with Gasteiger partial charge in [0.2, 0.25) is 5.91 Å². The Morgan fingerprint density at radius 2 is 1.89 bits per heavy atom. The molecule has 0 atom stereocenters. The number of aromatic nitrogens is 2. The molecule has 1 saturated heterocycles. The Morgan fingerprint density at radius 1 is 1.07 bits per heavy atom. The number of nitrogens with zero attached hydrogens (tertiary/aromatic N) is 4. The van der Waals surface area contributed by atoms with E-state index in [1.54, 1.807) is 46.1 Å². The maximum Gasteiger partial charge on any atom is 0.325 e. The summed E-state index contributed by atoms with van der Waals surface area (Å²) in [6, 6.07) is 16.1. The third-order valence-electron chi connectivity index (χ3n) is 4.47. The third-order valence-corrected chi connectivity index (χ3v) is 4.70. The minimum absolute atomic E-state index is 0.00317. The van der Waals surface area contributed by atoms with Gasteiger partial charge in [-0.3, -0.25) is 9.69 Å². The topological polar surface area (TPSA) is 70.5 Å². The third kappa shape index (κ3) is 3.84. The number of halogens is 1. The molecule has 28 heavy (non-hydrogen) atoms. The van der Waals surface area contributed by atoms with Crippen molar-refractivity contribution in [2.75, 3.05) is 29.9 Å². The summed E-state index contributed by atoms with van der Waals surface area (Å²) in [7, 11) is 0. The predicted octanol–water partition coefficient (Wildman–Crippen LogP) is 3.41. The normalized spacial score (nSPS) is 13.8. The van der Waals surface area contributed by atoms with Crippen LogP contribution in [-0.2, 0) is 4.79 Å². The second-order valence-corrected chi connectivity index (χ2v) is 6.82. The van der Waals surface area contributed by atoms with Crippen LogP contribution in [0.4, 0.5) is 16.2 Å². The lowest BCUT2D eigenvalue weighted by Gasteiger charge is -2.18. The number of anilines is 2. The van der Waals surface area contributed by atoms with E-state index in [1.807, 2.05) is 30.5 Å². The van der Waals surface area contributed by atoms with Crippen molar-refractivity contribution in [2.24, 2.45) is 0 Å². The van der Waals surface area contributed by atoms with Crippen molar-refractivity contribution in [3.8, 4) is 5.69 Å². The van der Waals surface area contributed by atoms with Crippen LogP contribution >= 0.6 is 11.6 Å². The molecule has 0 unspecified atom stereocenters. The zero-order chi connectivity index (χ0) is 19.5. The van der Waals surface area contributed by atoms with Crippen LogP contribution in [-0.4, -0.2) is 46.3 Å². The van der Waals surface area contributed by atoms with Crippen molar-refractivity contribution in [3.05, 3.63) is 72.0 Å². The summed E-state index contributed by atoms with van der Waals surface area (Å²) in [5, 5.41) is 7.56. The number of hydrogen-bond donors (Lipinski definition) is 1. The molecule has 4 rings (SSSR count). The van der Waals surface area contributed by atoms with E-state index < -0.39 is 0 Å². The minimum atomic E-state index is -0.242. The first kappa shape index (κ1) is 18.1. The van der Waals surface area contributed by atoms with Crippen molar-refractivity contribution in [2.45, 2.75) is 0 Å². The van der Waals surface area contributed by atoms with Crippen LogP contribution in [0, 0.1) is 0 Å². The highest BCUT2D eigenvalue weighted by Gasteiger charge is 2.30. The van der Waals surface area contributed by atoms with Gasteiger partial charge in [-0.1, -0.05) is 17.7 Å². The highest BCUT2D eigenvalue weighted by Crippen LogP contribution is 2.23. The summed E-state index contributed by atoms with van der Waals surface area (Å²) < 4.78 is 1.74. The SMILES string of the molecule is O=C(CN1CCN(c2cccc(Cl)c2)C1=O)Nc1ccc(-n2cccn2)cc1. The van der Waals surface area contributed by atoms with Crippen molar-refractivity contribution < 1.29 is 9.59 Å². The number of benzene rings is 2. The Morgan fingerprint density at radius 3 is 2.61 bits per heavy atom. The largest absolute Gasteiger partial charge is 0.325 e. The number of carbonyl (C=O) groups excluding carboxylic acids is 2. The van der Waals surface area contributed by atoms with E-state index in [0.29, 0.717) is 23.8 Å². The van der Waals surface area contributed by atoms with Crippen molar-refractivity contribution >= 4 is 34.9 Å². The first-order valence-electron chi connectivity index (χ1n) is 8.82. The average molecular weight is 396 g/mol. The molecule has 1 aromatic heterocycles. The molecule has 3 aromatic rings. The molecule has 7 nitrogen and oxygen atoms in total. The van der Waals surface area contributed by atoms with Gasteiger partial charge in [-0.15, -0.1) is 0 Å². The fraction of sp³-hybridized carbons (Fsp3) is 0.150. The quantitative estimate of drug-likeness (QED) is 0.719. The summed E-state index contributed by atoms with van der Waals surface area (Å²) in [5.74, 6) is -0.242. The number of rotatable bonds is 5. The lowest BCUT2D eigenvalue weighted by Crippen LogP contribution is -2.37. The van der Waals surface area contributed by atoms with Crippen molar-refractivity contribution in [1.82, 2.24) is 14.7 Å². The molecule has 2 aromatic carbocycles. The molecular weight excluding hydrogens is 378 g/mol. The number of nitrogens with one attached hydrogen (secondary N) is 1. The first-order chi connectivity index (χ1) is 13.6. The highest BCUT2D eigenvalue weighted by atomic mass is 35.5. The van der Waals surface area contributed by atoms with Gasteiger partial charge in [0.15, 0.2) is 0 Å². The zero-order valence-electron chi connectivity index (χ0n) is 15.0. The smallest absolute Gasteiger partial charge is 0.325 e. The maximum absolute atomic E-state index is 12.6. The van der Waals surface area contributed by atoms with E-state index >= 15 is 0 Å². The van der Waals surface area contributed by atoms with E-state index in [9.17, 15) is 9.59 Å². The van der Waals surface area contributed by atoms with Crippen LogP contribution in [0.1, 0.15) is 0 Å². The number of hydrogen-bond acceptors (Lipinski definition) is 3. The molecule has 0 aliphatic carbocycles. The van der Waals surface area contributed by atoms with Crippen molar-refractivity contribution in [3.63, 3.8) is 0 Å². The van der Waals surface area contributed by atoms with Crippen LogP contribution < -0.4 is 10.2 Å². The number of amides is 3. The molecule has 1 N–H and O–H groups in total. The molecule has 3 amide bonds. The van der Waals surface area contributed by atoms with E-state index in [0.717, 1.165) is 11.4 Å². The first-order valence-corrected chi connectivity index (χ1v) is 9.20. The molecular formula is C20H18ClN5O2. The summed E-state index contributed by atoms with van der Waals surface area (Å²) in [4.78, 5) is 28.1. The average Bonchev–Trinajstić information content (AvgIpc) is 3.33. The fourth-order valence-corrected chi connectivity index (χ4v) is 3.29. The number of urea groups is 1. The van der Waals surface area contributed by atoms with E-state index in [4.69, 9.17) is 11.6 Å². The van der Waals surface area contributed by atoms with Crippen LogP contribution in [0.5, 0.6) is 0 Å². The Hall–Kier alpha value is -3.32. The van der Waals surface area contributed by atoms with E-state index in [-0.39, 0.29) is 18.5 Å². The van der Waals surface area contributed by atoms with Crippen LogP contribution in [0.15, 0.2) is 67.0 Å². The molecule has 2 heterocycles. The molecule has 1 aliphatic heterocycles. The molecule has 0 saturated carbocycles. The van der Waals surface area contributed by atoms with Gasteiger partial charge in [-0.2, -0.15) is 5.10 Å². The van der Waals surface area contributed by atoms with E-state index in [2.05, 4.69) is 10.4 Å². The van der Waals surface area contributed by atoms with E-state index in [1.165, 1.54) is 4.90 Å². The second kappa shape index (κ2) is 7.74. The lowest BCUT2D eigenvalue weighted by molar-refractivity contribution is -0.116. The summed E-state index contributed by atoms with van der Waals surface area (Å²) >= 11 is 6.00. The predicted molar refractivity (Wildman–Crippen MR) is 108 cm³/mol. The zero-order valence-corrected chi connectivity index (χ0v) is 15.7. The fourth-order valence-electron chi connectivity index (χ4n) is 3.11. The van der Waals surface area contributed by atoms with Crippen LogP contribution in [0.2, 0.25) is 5.02 Å². The lowest BCUT2D eigenvalue weighted by atomic mass is 10.3. The Kier molecular flexibility index (Phi) is 4.99. The van der Waals surface area contributed by atoms with Gasteiger partial charge >= 0.3 is 6.03 Å². The molecule has 8 heteroatoms. The van der Waals surface area contributed by atoms with Crippen LogP contribution in [0.3, 0.4) is 0 Å². The Labute approximate surface area is 167 Å². The molecule has 0 radical (unpaired) electrons. The van der Waals surface area contributed by atoms with Gasteiger partial charge in [-0.05, 0) is 48.5 Å². The standard InChI is InChI=1S/C20H18ClN5O2/c21-15-3-1-4-18(13-15)25-12-11-24(20(25)28)14-19(27)23-16-5-7-17(8-6-16)26-10-2-9-22-26/h1-10,13H,11-12,14H2,(H,23,27). The van der Waals surface area contributed by atoms with Gasteiger partial charge in [0.1, 0.15) is 6.54 Å². The monoisotopic (exact) mass is 395 g/mol.